The van der Waals surface area contributed by atoms with Gasteiger partial charge in [-0.25, -0.2) is 4.79 Å². The molecule has 8 heteroatoms. The van der Waals surface area contributed by atoms with Gasteiger partial charge in [-0.15, -0.1) is 0 Å². The van der Waals surface area contributed by atoms with Crippen LogP contribution in [0, 0.1) is 23.2 Å². The summed E-state index contributed by atoms with van der Waals surface area (Å²) in [6.45, 7) is 10.2. The van der Waals surface area contributed by atoms with Crippen molar-refractivity contribution >= 4 is 23.7 Å². The van der Waals surface area contributed by atoms with Crippen LogP contribution in [0.2, 0.25) is 0 Å². The van der Waals surface area contributed by atoms with Crippen molar-refractivity contribution in [1.29, 1.82) is 0 Å². The van der Waals surface area contributed by atoms with Crippen LogP contribution in [-0.4, -0.2) is 48.9 Å². The Bertz CT molecular complexity index is 656. The van der Waals surface area contributed by atoms with Gasteiger partial charge in [-0.3, -0.25) is 14.4 Å². The van der Waals surface area contributed by atoms with Crippen LogP contribution in [-0.2, 0) is 19.1 Å². The second kappa shape index (κ2) is 10.3. The van der Waals surface area contributed by atoms with E-state index < -0.39 is 35.8 Å². The Morgan fingerprint density at radius 2 is 1.80 bits per heavy atom. The molecule has 0 aromatic heterocycles. The van der Waals surface area contributed by atoms with Crippen molar-refractivity contribution in [3.8, 4) is 0 Å². The van der Waals surface area contributed by atoms with Crippen LogP contribution in [0.1, 0.15) is 66.7 Å². The van der Waals surface area contributed by atoms with E-state index in [2.05, 4.69) is 16.0 Å². The molecule has 0 spiro atoms. The Morgan fingerprint density at radius 3 is 2.43 bits per heavy atom. The molecule has 0 radical (unpaired) electrons. The molecule has 8 nitrogen and oxygen atoms in total. The van der Waals surface area contributed by atoms with Gasteiger partial charge < -0.3 is 20.7 Å². The van der Waals surface area contributed by atoms with Gasteiger partial charge in [0.15, 0.2) is 0 Å². The number of ether oxygens (including phenoxy) is 1. The van der Waals surface area contributed by atoms with Gasteiger partial charge >= 0.3 is 6.09 Å². The minimum absolute atomic E-state index is 0.193. The van der Waals surface area contributed by atoms with Crippen LogP contribution in [0.4, 0.5) is 4.79 Å². The van der Waals surface area contributed by atoms with Gasteiger partial charge in [0.25, 0.3) is 5.91 Å². The molecule has 4 unspecified atom stereocenters. The fraction of sp³-hybridized carbons (Fsp3) is 0.818. The molecule has 2 fully saturated rings. The quantitative estimate of drug-likeness (QED) is 0.587. The summed E-state index contributed by atoms with van der Waals surface area (Å²) in [6.07, 6.45) is 3.84. The lowest BCUT2D eigenvalue weighted by atomic mass is 9.78. The van der Waals surface area contributed by atoms with Crippen molar-refractivity contribution in [1.82, 2.24) is 16.0 Å². The maximum absolute atomic E-state index is 12.9. The van der Waals surface area contributed by atoms with E-state index in [1.807, 2.05) is 20.8 Å². The van der Waals surface area contributed by atoms with Gasteiger partial charge in [-0.05, 0) is 42.4 Å². The standard InChI is InChI=1S/C22H37N3O5/c1-13(2)17(25-21(29)30-12-22(3,4)5)19(27)24-16-10-14-7-6-8-15(9-14)11-23-20(28)18(16)26/h13-17H,6-12H2,1-5H3,(H,23,28)(H,24,27)(H,25,29). The maximum atomic E-state index is 12.9. The van der Waals surface area contributed by atoms with Crippen LogP contribution in [0.3, 0.4) is 0 Å². The highest BCUT2D eigenvalue weighted by molar-refractivity contribution is 6.38. The molecule has 1 heterocycles. The highest BCUT2D eigenvalue weighted by Crippen LogP contribution is 2.32. The Morgan fingerprint density at radius 1 is 1.13 bits per heavy atom. The highest BCUT2D eigenvalue weighted by atomic mass is 16.5. The minimum atomic E-state index is -0.881. The molecule has 0 aromatic rings. The molecule has 1 aliphatic heterocycles. The number of Topliss-reactive ketones (excluding diaryl/α,β-unsaturated/α-hetero) is 1. The number of ketones is 1. The third-order valence-corrected chi connectivity index (χ3v) is 5.73. The molecular formula is C22H37N3O5. The van der Waals surface area contributed by atoms with Crippen molar-refractivity contribution in [3.63, 3.8) is 0 Å². The van der Waals surface area contributed by atoms with E-state index in [9.17, 15) is 19.2 Å². The first kappa shape index (κ1) is 24.2. The van der Waals surface area contributed by atoms with Crippen molar-refractivity contribution < 1.29 is 23.9 Å². The molecule has 3 N–H and O–H groups in total. The normalized spacial score (nSPS) is 26.0. The zero-order chi connectivity index (χ0) is 22.5. The van der Waals surface area contributed by atoms with E-state index in [0.717, 1.165) is 25.7 Å². The lowest BCUT2D eigenvalue weighted by Gasteiger charge is -2.30. The largest absolute Gasteiger partial charge is 0.449 e. The SMILES string of the molecule is CC(C)C(NC(=O)OCC(C)(C)C)C(=O)NC1CC2CCCC(CNC(=O)C1=O)C2. The number of amides is 3. The summed E-state index contributed by atoms with van der Waals surface area (Å²) < 4.78 is 5.21. The summed E-state index contributed by atoms with van der Waals surface area (Å²) >= 11 is 0. The zero-order valence-corrected chi connectivity index (χ0v) is 18.9. The number of hydrogen-bond acceptors (Lipinski definition) is 5. The second-order valence-electron chi connectivity index (χ2n) is 10.3. The average Bonchev–Trinajstić information content (AvgIpc) is 2.69. The second-order valence-corrected chi connectivity index (χ2v) is 10.3. The van der Waals surface area contributed by atoms with E-state index in [-0.39, 0.29) is 17.9 Å². The fourth-order valence-electron chi connectivity index (χ4n) is 4.10. The van der Waals surface area contributed by atoms with Gasteiger partial charge in [-0.2, -0.15) is 0 Å². The number of hydrogen-bond donors (Lipinski definition) is 3. The van der Waals surface area contributed by atoms with Crippen LogP contribution in [0.25, 0.3) is 0 Å². The first-order chi connectivity index (χ1) is 14.0. The Balaban J connectivity index is 2.05. The lowest BCUT2D eigenvalue weighted by Crippen LogP contribution is -2.55. The van der Waals surface area contributed by atoms with Crippen molar-refractivity contribution in [3.05, 3.63) is 0 Å². The zero-order valence-electron chi connectivity index (χ0n) is 18.9. The summed E-state index contributed by atoms with van der Waals surface area (Å²) in [6, 6.07) is -1.74. The Kier molecular flexibility index (Phi) is 8.26. The Labute approximate surface area is 179 Å². The first-order valence-corrected chi connectivity index (χ1v) is 11.0. The first-order valence-electron chi connectivity index (χ1n) is 11.0. The van der Waals surface area contributed by atoms with E-state index in [1.54, 1.807) is 13.8 Å². The van der Waals surface area contributed by atoms with Gasteiger partial charge in [0.1, 0.15) is 6.04 Å². The summed E-state index contributed by atoms with van der Waals surface area (Å²) in [5.74, 6) is -1.27. The van der Waals surface area contributed by atoms with Crippen molar-refractivity contribution in [2.75, 3.05) is 13.2 Å². The van der Waals surface area contributed by atoms with Gasteiger partial charge in [0.05, 0.1) is 12.6 Å². The number of nitrogens with one attached hydrogen (secondary N) is 3. The molecule has 1 saturated heterocycles. The third-order valence-electron chi connectivity index (χ3n) is 5.73. The molecule has 1 aliphatic carbocycles. The topological polar surface area (TPSA) is 114 Å². The number of fused-ring (bicyclic) bond motifs is 2. The summed E-state index contributed by atoms with van der Waals surface area (Å²) in [4.78, 5) is 50.0. The fourth-order valence-corrected chi connectivity index (χ4v) is 4.10. The van der Waals surface area contributed by atoms with E-state index in [0.29, 0.717) is 24.8 Å². The average molecular weight is 424 g/mol. The van der Waals surface area contributed by atoms with Crippen LogP contribution in [0.5, 0.6) is 0 Å². The predicted octanol–water partition coefficient (Wildman–Crippen LogP) is 2.16. The van der Waals surface area contributed by atoms with Gasteiger partial charge in [0.2, 0.25) is 11.7 Å². The van der Waals surface area contributed by atoms with Crippen LogP contribution >= 0.6 is 0 Å². The lowest BCUT2D eigenvalue weighted by molar-refractivity contribution is -0.140. The molecule has 0 aromatic carbocycles. The van der Waals surface area contributed by atoms with Crippen LogP contribution in [0.15, 0.2) is 0 Å². The highest BCUT2D eigenvalue weighted by Gasteiger charge is 2.36. The molecule has 1 saturated carbocycles. The predicted molar refractivity (Wildman–Crippen MR) is 113 cm³/mol. The van der Waals surface area contributed by atoms with Crippen molar-refractivity contribution in [2.24, 2.45) is 23.2 Å². The van der Waals surface area contributed by atoms with Gasteiger partial charge in [0, 0.05) is 6.54 Å². The molecule has 2 rings (SSSR count). The molecule has 4 atom stereocenters. The molecule has 170 valence electrons. The molecule has 3 amide bonds. The van der Waals surface area contributed by atoms with Gasteiger partial charge in [-0.1, -0.05) is 47.5 Å². The molecule has 2 aliphatic rings. The van der Waals surface area contributed by atoms with E-state index >= 15 is 0 Å². The third kappa shape index (κ3) is 7.29. The summed E-state index contributed by atoms with van der Waals surface area (Å²) in [5.41, 5.74) is -0.193. The Hall–Kier alpha value is -2.12. The van der Waals surface area contributed by atoms with Crippen LogP contribution < -0.4 is 16.0 Å². The number of rotatable bonds is 5. The monoisotopic (exact) mass is 423 g/mol. The molecule has 30 heavy (non-hydrogen) atoms. The minimum Gasteiger partial charge on any atom is -0.449 e. The number of alkyl carbamates (subject to hydrolysis) is 1. The summed E-state index contributed by atoms with van der Waals surface area (Å²) in [7, 11) is 0. The molecular weight excluding hydrogens is 386 g/mol. The number of carbonyl (C=O) groups is 4. The summed E-state index contributed by atoms with van der Waals surface area (Å²) in [5, 5.41) is 8.06. The van der Waals surface area contributed by atoms with Crippen molar-refractivity contribution in [2.45, 2.75) is 78.8 Å². The van der Waals surface area contributed by atoms with E-state index in [4.69, 9.17) is 4.74 Å². The number of carbonyl (C=O) groups excluding carboxylic acids is 4. The maximum Gasteiger partial charge on any atom is 0.407 e. The smallest absolute Gasteiger partial charge is 0.407 e. The van der Waals surface area contributed by atoms with E-state index in [1.165, 1.54) is 0 Å². The molecule has 2 bridgehead atoms.